The monoisotopic (exact) mass is 428 g/mol. The van der Waals surface area contributed by atoms with Gasteiger partial charge in [0.2, 0.25) is 11.7 Å². The van der Waals surface area contributed by atoms with Crippen molar-refractivity contribution in [2.24, 2.45) is 0 Å². The summed E-state index contributed by atoms with van der Waals surface area (Å²) >= 11 is 0. The topological polar surface area (TPSA) is 67.4 Å². The summed E-state index contributed by atoms with van der Waals surface area (Å²) in [6, 6.07) is 3.86. The minimum absolute atomic E-state index is 0.0146. The second-order valence-corrected chi connectivity index (χ2v) is 6.83. The summed E-state index contributed by atoms with van der Waals surface area (Å²) in [6.45, 7) is 1.64. The van der Waals surface area contributed by atoms with Gasteiger partial charge in [0, 0.05) is 19.0 Å². The highest BCUT2D eigenvalue weighted by atomic mass is 19.4. The lowest BCUT2D eigenvalue weighted by molar-refractivity contribution is -0.137. The van der Waals surface area contributed by atoms with Crippen molar-refractivity contribution in [3.63, 3.8) is 0 Å². The molecule has 2 N–H and O–H groups in total. The van der Waals surface area contributed by atoms with Crippen molar-refractivity contribution in [1.29, 1.82) is 0 Å². The molecule has 1 aliphatic rings. The molecule has 0 saturated carbocycles. The Morgan fingerprint density at radius 3 is 2.50 bits per heavy atom. The molecule has 1 heterocycles. The molecule has 0 spiro atoms. The fourth-order valence-corrected chi connectivity index (χ4v) is 2.97. The van der Waals surface area contributed by atoms with Crippen molar-refractivity contribution in [3.05, 3.63) is 58.7 Å². The number of benzene rings is 2. The molecule has 2 amide bonds. The predicted molar refractivity (Wildman–Crippen MR) is 96.1 cm³/mol. The number of carbonyl (C=O) groups is 2. The first-order valence-electron chi connectivity index (χ1n) is 8.97. The van der Waals surface area contributed by atoms with Crippen LogP contribution in [-0.2, 0) is 11.0 Å². The fourth-order valence-electron chi connectivity index (χ4n) is 2.97. The molecule has 1 saturated heterocycles. The van der Waals surface area contributed by atoms with Gasteiger partial charge in [0.25, 0.3) is 5.91 Å². The van der Waals surface area contributed by atoms with E-state index < -0.39 is 46.6 Å². The normalized spacial score (nSPS) is 16.7. The van der Waals surface area contributed by atoms with E-state index >= 15 is 0 Å². The molecule has 0 radical (unpaired) electrons. The molecule has 1 aliphatic heterocycles. The van der Waals surface area contributed by atoms with E-state index in [-0.39, 0.29) is 23.6 Å². The molecule has 5 nitrogen and oxygen atoms in total. The summed E-state index contributed by atoms with van der Waals surface area (Å²) < 4.78 is 72.6. The van der Waals surface area contributed by atoms with Gasteiger partial charge in [-0.3, -0.25) is 9.59 Å². The van der Waals surface area contributed by atoms with E-state index in [2.05, 4.69) is 10.6 Å². The predicted octanol–water partition coefficient (Wildman–Crippen LogP) is 4.09. The third-order valence-electron chi connectivity index (χ3n) is 4.59. The van der Waals surface area contributed by atoms with Gasteiger partial charge in [0.05, 0.1) is 11.1 Å². The maximum absolute atomic E-state index is 14.1. The van der Waals surface area contributed by atoms with E-state index in [1.165, 1.54) is 13.0 Å². The lowest BCUT2D eigenvalue weighted by Crippen LogP contribution is -2.45. The van der Waals surface area contributed by atoms with Gasteiger partial charge in [-0.05, 0) is 43.2 Å². The molecule has 2 aromatic rings. The zero-order valence-corrected chi connectivity index (χ0v) is 15.7. The Balaban J connectivity index is 1.95. The Bertz CT molecular complexity index is 991. The molecule has 1 unspecified atom stereocenters. The van der Waals surface area contributed by atoms with Gasteiger partial charge in [-0.25, -0.2) is 4.39 Å². The van der Waals surface area contributed by atoms with E-state index in [0.717, 1.165) is 12.1 Å². The van der Waals surface area contributed by atoms with Gasteiger partial charge in [0.1, 0.15) is 5.75 Å². The number of aryl methyl sites for hydroxylation is 1. The number of hydrogen-bond acceptors (Lipinski definition) is 3. The lowest BCUT2D eigenvalue weighted by atomic mass is 10.0. The number of carbonyl (C=O) groups excluding carboxylic acids is 2. The van der Waals surface area contributed by atoms with Crippen LogP contribution in [0.3, 0.4) is 0 Å². The number of halogens is 5. The molecule has 160 valence electrons. The van der Waals surface area contributed by atoms with E-state index in [9.17, 15) is 31.5 Å². The van der Waals surface area contributed by atoms with Crippen molar-refractivity contribution in [2.45, 2.75) is 32.0 Å². The number of rotatable bonds is 4. The zero-order valence-electron chi connectivity index (χ0n) is 15.7. The molecule has 3 rings (SSSR count). The van der Waals surface area contributed by atoms with Crippen molar-refractivity contribution < 1.29 is 36.3 Å². The fraction of sp³-hybridized carbons (Fsp3) is 0.300. The van der Waals surface area contributed by atoms with Crippen LogP contribution in [0.2, 0.25) is 0 Å². The van der Waals surface area contributed by atoms with Crippen LogP contribution in [0.4, 0.5) is 22.0 Å². The molecule has 0 bridgehead atoms. The van der Waals surface area contributed by atoms with E-state index in [1.54, 1.807) is 0 Å². The highest BCUT2D eigenvalue weighted by molar-refractivity contribution is 5.97. The molecular formula is C20H17F5N2O3. The second kappa shape index (κ2) is 8.29. The summed E-state index contributed by atoms with van der Waals surface area (Å²) in [6.07, 6.45) is -4.37. The minimum Gasteiger partial charge on any atom is -0.453 e. The van der Waals surface area contributed by atoms with Crippen LogP contribution in [0.15, 0.2) is 30.3 Å². The second-order valence-electron chi connectivity index (χ2n) is 6.83. The van der Waals surface area contributed by atoms with Crippen molar-refractivity contribution in [2.75, 3.05) is 6.54 Å². The number of amides is 2. The van der Waals surface area contributed by atoms with Gasteiger partial charge >= 0.3 is 6.18 Å². The first-order chi connectivity index (χ1) is 14.1. The standard InChI is InChI=1S/C20H17F5N2O3/c1-10-2-4-15(18(22)17(10)21)30-14-5-3-11(20(23,24)25)8-13(14)19(29)27-12-6-7-26-16(28)9-12/h2-5,8,12H,6-7,9H2,1H3,(H,26,28)(H,27,29). The Morgan fingerprint density at radius 1 is 1.13 bits per heavy atom. The number of ether oxygens (including phenoxy) is 1. The van der Waals surface area contributed by atoms with Gasteiger partial charge < -0.3 is 15.4 Å². The van der Waals surface area contributed by atoms with Gasteiger partial charge in [-0.2, -0.15) is 17.6 Å². The summed E-state index contributed by atoms with van der Waals surface area (Å²) in [5, 5.41) is 5.06. The van der Waals surface area contributed by atoms with Gasteiger partial charge in [-0.1, -0.05) is 6.07 Å². The van der Waals surface area contributed by atoms with Crippen LogP contribution >= 0.6 is 0 Å². The molecular weight excluding hydrogens is 411 g/mol. The number of nitrogens with one attached hydrogen (secondary N) is 2. The maximum Gasteiger partial charge on any atom is 0.416 e. The smallest absolute Gasteiger partial charge is 0.416 e. The lowest BCUT2D eigenvalue weighted by Gasteiger charge is -2.24. The molecule has 10 heteroatoms. The Kier molecular flexibility index (Phi) is 5.95. The Hall–Kier alpha value is -3.17. The molecule has 1 fully saturated rings. The van der Waals surface area contributed by atoms with Crippen LogP contribution in [0.5, 0.6) is 11.5 Å². The first-order valence-corrected chi connectivity index (χ1v) is 8.97. The average molecular weight is 428 g/mol. The van der Waals surface area contributed by atoms with Crippen molar-refractivity contribution in [1.82, 2.24) is 10.6 Å². The molecule has 0 aromatic heterocycles. The zero-order chi connectivity index (χ0) is 22.1. The van der Waals surface area contributed by atoms with Crippen LogP contribution in [0.25, 0.3) is 0 Å². The summed E-state index contributed by atoms with van der Waals surface area (Å²) in [7, 11) is 0. The first kappa shape index (κ1) is 21.5. The molecule has 30 heavy (non-hydrogen) atoms. The van der Waals surface area contributed by atoms with Crippen molar-refractivity contribution >= 4 is 11.8 Å². The molecule has 0 aliphatic carbocycles. The van der Waals surface area contributed by atoms with Gasteiger partial charge in [0.15, 0.2) is 11.6 Å². The quantitative estimate of drug-likeness (QED) is 0.721. The number of hydrogen-bond donors (Lipinski definition) is 2. The molecule has 2 aromatic carbocycles. The van der Waals surface area contributed by atoms with Crippen LogP contribution in [-0.4, -0.2) is 24.4 Å². The summed E-state index contributed by atoms with van der Waals surface area (Å²) in [5.41, 5.74) is -1.62. The van der Waals surface area contributed by atoms with E-state index in [1.807, 2.05) is 0 Å². The van der Waals surface area contributed by atoms with Crippen molar-refractivity contribution in [3.8, 4) is 11.5 Å². The Morgan fingerprint density at radius 2 is 1.83 bits per heavy atom. The van der Waals surface area contributed by atoms with E-state index in [4.69, 9.17) is 4.74 Å². The number of piperidine rings is 1. The minimum atomic E-state index is -4.74. The largest absolute Gasteiger partial charge is 0.453 e. The Labute approximate surface area is 168 Å². The van der Waals surface area contributed by atoms with Crippen LogP contribution in [0, 0.1) is 18.6 Å². The van der Waals surface area contributed by atoms with Crippen LogP contribution < -0.4 is 15.4 Å². The summed E-state index contributed by atoms with van der Waals surface area (Å²) in [4.78, 5) is 24.1. The average Bonchev–Trinajstić information content (AvgIpc) is 2.68. The number of alkyl halides is 3. The molecule has 1 atom stereocenters. The highest BCUT2D eigenvalue weighted by Gasteiger charge is 2.33. The highest BCUT2D eigenvalue weighted by Crippen LogP contribution is 2.35. The van der Waals surface area contributed by atoms with Crippen LogP contribution in [0.1, 0.15) is 34.3 Å². The summed E-state index contributed by atoms with van der Waals surface area (Å²) in [5.74, 6) is -4.69. The maximum atomic E-state index is 14.1. The van der Waals surface area contributed by atoms with E-state index in [0.29, 0.717) is 25.1 Å². The van der Waals surface area contributed by atoms with Gasteiger partial charge in [-0.15, -0.1) is 0 Å². The third kappa shape index (κ3) is 4.69. The SMILES string of the molecule is Cc1ccc(Oc2ccc(C(F)(F)F)cc2C(=O)NC2CCNC(=O)C2)c(F)c1F. The third-order valence-corrected chi connectivity index (χ3v) is 4.59.